The van der Waals surface area contributed by atoms with E-state index in [9.17, 15) is 4.79 Å². The van der Waals surface area contributed by atoms with Gasteiger partial charge in [0.25, 0.3) is 0 Å². The molecule has 0 fully saturated rings. The molecule has 0 aliphatic carbocycles. The third-order valence-electron chi connectivity index (χ3n) is 10.9. The maximum absolute atomic E-state index is 12.0. The van der Waals surface area contributed by atoms with Crippen molar-refractivity contribution in [2.75, 3.05) is 6.61 Å². The summed E-state index contributed by atoms with van der Waals surface area (Å²) < 4.78 is 5.47. The molecule has 0 heterocycles. The molecule has 1 atom stereocenters. The highest BCUT2D eigenvalue weighted by Gasteiger charge is 2.03. The maximum atomic E-state index is 12.0. The van der Waals surface area contributed by atoms with Crippen molar-refractivity contribution in [3.05, 3.63) is 12.2 Å². The minimum atomic E-state index is 0.0204. The molecule has 0 aromatic rings. The Balaban J connectivity index is 3.17. The molecule has 0 N–H and O–H groups in total. The van der Waals surface area contributed by atoms with Crippen LogP contribution in [0, 0.1) is 5.92 Å². The molecule has 0 saturated carbocycles. The third kappa shape index (κ3) is 43.3. The summed E-state index contributed by atoms with van der Waals surface area (Å²) in [6, 6.07) is 0. The number of carbonyl (C=O) groups excluding carboxylic acids is 1. The van der Waals surface area contributed by atoms with Crippen LogP contribution in [0.15, 0.2) is 12.2 Å². The van der Waals surface area contributed by atoms with Gasteiger partial charge in [0, 0.05) is 6.42 Å². The van der Waals surface area contributed by atoms with E-state index in [0.717, 1.165) is 25.2 Å². The van der Waals surface area contributed by atoms with Gasteiger partial charge in [-0.1, -0.05) is 238 Å². The van der Waals surface area contributed by atoms with Crippen molar-refractivity contribution in [2.24, 2.45) is 5.92 Å². The Morgan fingerprint density at radius 1 is 0.429 bits per heavy atom. The molecule has 2 nitrogen and oxygen atoms in total. The van der Waals surface area contributed by atoms with Gasteiger partial charge < -0.3 is 4.74 Å². The van der Waals surface area contributed by atoms with Crippen LogP contribution in [-0.4, -0.2) is 12.6 Å². The summed E-state index contributed by atoms with van der Waals surface area (Å²) in [4.78, 5) is 12.0. The molecule has 0 aliphatic rings. The summed E-state index contributed by atoms with van der Waals surface area (Å²) in [7, 11) is 0. The van der Waals surface area contributed by atoms with Crippen LogP contribution in [0.3, 0.4) is 0 Å². The number of hydrogen-bond donors (Lipinski definition) is 0. The van der Waals surface area contributed by atoms with E-state index in [0.29, 0.717) is 13.0 Å². The van der Waals surface area contributed by atoms with Crippen LogP contribution in [0.2, 0.25) is 0 Å². The molecule has 0 aromatic heterocycles. The molecule has 292 valence electrons. The van der Waals surface area contributed by atoms with Gasteiger partial charge in [0.05, 0.1) is 6.61 Å². The van der Waals surface area contributed by atoms with Crippen LogP contribution >= 0.6 is 0 Å². The third-order valence-corrected chi connectivity index (χ3v) is 10.9. The van der Waals surface area contributed by atoms with Crippen molar-refractivity contribution in [3.63, 3.8) is 0 Å². The average Bonchev–Trinajstić information content (AvgIpc) is 3.11. The van der Waals surface area contributed by atoms with Crippen LogP contribution in [0.25, 0.3) is 0 Å². The lowest BCUT2D eigenvalue weighted by Crippen LogP contribution is -2.05. The van der Waals surface area contributed by atoms with Crippen molar-refractivity contribution >= 4 is 5.97 Å². The lowest BCUT2D eigenvalue weighted by Gasteiger charge is -2.07. The molecule has 0 bridgehead atoms. The molecular weight excluding hydrogens is 597 g/mol. The van der Waals surface area contributed by atoms with Gasteiger partial charge in [-0.15, -0.1) is 0 Å². The van der Waals surface area contributed by atoms with E-state index in [1.807, 2.05) is 0 Å². The second-order valence-corrected chi connectivity index (χ2v) is 16.0. The van der Waals surface area contributed by atoms with E-state index in [-0.39, 0.29) is 5.97 Å². The smallest absolute Gasteiger partial charge is 0.305 e. The van der Waals surface area contributed by atoms with Crippen molar-refractivity contribution in [1.29, 1.82) is 0 Å². The van der Waals surface area contributed by atoms with Crippen molar-refractivity contribution in [3.8, 4) is 0 Å². The normalized spacial score (nSPS) is 12.3. The Morgan fingerprint density at radius 3 is 1.14 bits per heavy atom. The Morgan fingerprint density at radius 2 is 0.755 bits per heavy atom. The molecule has 0 spiro atoms. The average molecular weight is 689 g/mol. The first-order chi connectivity index (χ1) is 24.2. The molecule has 0 amide bonds. The Labute approximate surface area is 310 Å². The highest BCUT2D eigenvalue weighted by molar-refractivity contribution is 5.69. The SMILES string of the molecule is CCCCCCCC/C=C\CCCCCCCC(=O)OCCCCCCCCCCCCCCCCCCCCCCCCCC(C)CC. The number of allylic oxidation sites excluding steroid dienone is 2. The van der Waals surface area contributed by atoms with Crippen LogP contribution in [0.4, 0.5) is 0 Å². The second kappa shape index (κ2) is 43.4. The second-order valence-electron chi connectivity index (χ2n) is 16.0. The zero-order valence-electron chi connectivity index (χ0n) is 34.3. The Bertz CT molecular complexity index is 640. The number of carbonyl (C=O) groups is 1. The molecule has 1 unspecified atom stereocenters. The zero-order valence-corrected chi connectivity index (χ0v) is 34.3. The van der Waals surface area contributed by atoms with Gasteiger partial charge in [-0.3, -0.25) is 4.79 Å². The standard InChI is InChI=1S/C47H92O2/c1-4-6-7-8-9-10-11-12-22-26-29-32-35-38-41-44-47(48)49-45-42-39-36-33-30-27-24-21-19-17-15-13-14-16-18-20-23-25-28-31-34-37-40-43-46(3)5-2/h12,22,46H,4-11,13-21,23-45H2,1-3H3/b22-12-. The fourth-order valence-corrected chi connectivity index (χ4v) is 7.11. The molecule has 2 heteroatoms. The zero-order chi connectivity index (χ0) is 35.6. The molecular formula is C47H92O2. The molecule has 0 rings (SSSR count). The van der Waals surface area contributed by atoms with E-state index in [1.165, 1.54) is 225 Å². The fourth-order valence-electron chi connectivity index (χ4n) is 7.11. The van der Waals surface area contributed by atoms with Gasteiger partial charge in [0.15, 0.2) is 0 Å². The van der Waals surface area contributed by atoms with E-state index in [4.69, 9.17) is 4.74 Å². The highest BCUT2D eigenvalue weighted by atomic mass is 16.5. The largest absolute Gasteiger partial charge is 0.466 e. The Hall–Kier alpha value is -0.790. The van der Waals surface area contributed by atoms with Crippen LogP contribution in [-0.2, 0) is 9.53 Å². The minimum absolute atomic E-state index is 0.0204. The van der Waals surface area contributed by atoms with Gasteiger partial charge in [-0.05, 0) is 44.4 Å². The topological polar surface area (TPSA) is 26.3 Å². The van der Waals surface area contributed by atoms with Gasteiger partial charge in [0.2, 0.25) is 0 Å². The molecule has 0 aliphatic heterocycles. The van der Waals surface area contributed by atoms with Gasteiger partial charge in [-0.25, -0.2) is 0 Å². The predicted octanol–water partition coefficient (Wildman–Crippen LogP) is 17.0. The number of hydrogen-bond acceptors (Lipinski definition) is 2. The van der Waals surface area contributed by atoms with E-state index < -0.39 is 0 Å². The molecule has 0 radical (unpaired) electrons. The van der Waals surface area contributed by atoms with Crippen molar-refractivity contribution < 1.29 is 9.53 Å². The van der Waals surface area contributed by atoms with E-state index in [1.54, 1.807) is 0 Å². The molecule has 0 saturated heterocycles. The summed E-state index contributed by atoms with van der Waals surface area (Å²) in [6.45, 7) is 7.63. The number of ether oxygens (including phenoxy) is 1. The number of unbranched alkanes of at least 4 members (excludes halogenated alkanes) is 33. The monoisotopic (exact) mass is 689 g/mol. The molecule has 0 aromatic carbocycles. The first kappa shape index (κ1) is 48.2. The lowest BCUT2D eigenvalue weighted by atomic mass is 9.99. The summed E-state index contributed by atoms with van der Waals surface area (Å²) in [5.74, 6) is 0.957. The maximum Gasteiger partial charge on any atom is 0.305 e. The van der Waals surface area contributed by atoms with Crippen LogP contribution < -0.4 is 0 Å². The molecule has 49 heavy (non-hydrogen) atoms. The van der Waals surface area contributed by atoms with E-state index >= 15 is 0 Å². The fraction of sp³-hybridized carbons (Fsp3) is 0.936. The predicted molar refractivity (Wildman–Crippen MR) is 221 cm³/mol. The summed E-state index contributed by atoms with van der Waals surface area (Å²) in [5.41, 5.74) is 0. The summed E-state index contributed by atoms with van der Waals surface area (Å²) >= 11 is 0. The number of esters is 1. The van der Waals surface area contributed by atoms with Crippen molar-refractivity contribution in [2.45, 2.75) is 271 Å². The van der Waals surface area contributed by atoms with Crippen LogP contribution in [0.5, 0.6) is 0 Å². The first-order valence-corrected chi connectivity index (χ1v) is 23.0. The number of rotatable bonds is 42. The van der Waals surface area contributed by atoms with Crippen molar-refractivity contribution in [1.82, 2.24) is 0 Å². The quantitative estimate of drug-likeness (QED) is 0.0362. The minimum Gasteiger partial charge on any atom is -0.466 e. The van der Waals surface area contributed by atoms with Gasteiger partial charge >= 0.3 is 5.97 Å². The van der Waals surface area contributed by atoms with E-state index in [2.05, 4.69) is 32.9 Å². The van der Waals surface area contributed by atoms with Crippen LogP contribution in [0.1, 0.15) is 271 Å². The first-order valence-electron chi connectivity index (χ1n) is 23.0. The lowest BCUT2D eigenvalue weighted by molar-refractivity contribution is -0.143. The summed E-state index contributed by atoms with van der Waals surface area (Å²) in [5, 5.41) is 0. The van der Waals surface area contributed by atoms with Gasteiger partial charge in [0.1, 0.15) is 0 Å². The summed E-state index contributed by atoms with van der Waals surface area (Å²) in [6.07, 6.45) is 57.4. The Kier molecular flexibility index (Phi) is 42.7. The highest BCUT2D eigenvalue weighted by Crippen LogP contribution is 2.17. The van der Waals surface area contributed by atoms with Gasteiger partial charge in [-0.2, -0.15) is 0 Å².